The highest BCUT2D eigenvalue weighted by molar-refractivity contribution is 7.99. The molecular weight excluding hydrogens is 342 g/mol. The molecule has 1 N–H and O–H groups in total. The Bertz CT molecular complexity index is 828. The van der Waals surface area contributed by atoms with Gasteiger partial charge in [-0.2, -0.15) is 4.98 Å². The standard InChI is InChI=1S/C17H17N3O2S2/c1-11-5-3-6-13(12(11)2)18-15(21)9-23-10-16-19-17(20-22-16)14-7-4-8-24-14/h3-8H,9-10H2,1-2H3,(H,18,21). The van der Waals surface area contributed by atoms with Crippen LogP contribution in [0, 0.1) is 13.8 Å². The van der Waals surface area contributed by atoms with Gasteiger partial charge < -0.3 is 9.84 Å². The summed E-state index contributed by atoms with van der Waals surface area (Å²) in [4.78, 5) is 17.4. The number of nitrogens with zero attached hydrogens (tertiary/aromatic N) is 2. The summed E-state index contributed by atoms with van der Waals surface area (Å²) in [5, 5.41) is 8.87. The number of hydrogen-bond acceptors (Lipinski definition) is 6. The number of aromatic nitrogens is 2. The third kappa shape index (κ3) is 4.04. The first-order chi connectivity index (χ1) is 11.6. The van der Waals surface area contributed by atoms with Crippen molar-refractivity contribution in [2.75, 3.05) is 11.1 Å². The first kappa shape index (κ1) is 16.7. The summed E-state index contributed by atoms with van der Waals surface area (Å²) in [6, 6.07) is 9.78. The highest BCUT2D eigenvalue weighted by Gasteiger charge is 2.11. The maximum absolute atomic E-state index is 12.1. The fourth-order valence-corrected chi connectivity index (χ4v) is 3.42. The second kappa shape index (κ2) is 7.63. The Kier molecular flexibility index (Phi) is 5.32. The van der Waals surface area contributed by atoms with Crippen LogP contribution in [0.5, 0.6) is 0 Å². The number of carbonyl (C=O) groups excluding carboxylic acids is 1. The van der Waals surface area contributed by atoms with E-state index < -0.39 is 0 Å². The molecule has 0 aliphatic heterocycles. The van der Waals surface area contributed by atoms with E-state index in [-0.39, 0.29) is 5.91 Å². The largest absolute Gasteiger partial charge is 0.338 e. The van der Waals surface area contributed by atoms with Crippen LogP contribution >= 0.6 is 23.1 Å². The summed E-state index contributed by atoms with van der Waals surface area (Å²) in [5.74, 6) is 1.94. The quantitative estimate of drug-likeness (QED) is 0.711. The van der Waals surface area contributed by atoms with Crippen molar-refractivity contribution in [2.24, 2.45) is 0 Å². The first-order valence-electron chi connectivity index (χ1n) is 7.44. The van der Waals surface area contributed by atoms with Crippen LogP contribution in [-0.2, 0) is 10.5 Å². The van der Waals surface area contributed by atoms with Gasteiger partial charge >= 0.3 is 0 Å². The molecule has 0 atom stereocenters. The first-order valence-corrected chi connectivity index (χ1v) is 9.47. The van der Waals surface area contributed by atoms with Gasteiger partial charge in [-0.15, -0.1) is 23.1 Å². The second-order valence-corrected chi connectivity index (χ2v) is 7.21. The van der Waals surface area contributed by atoms with Crippen LogP contribution in [0.15, 0.2) is 40.2 Å². The third-order valence-electron chi connectivity index (χ3n) is 3.55. The minimum Gasteiger partial charge on any atom is -0.338 e. The number of anilines is 1. The number of thiophene rings is 1. The van der Waals surface area contributed by atoms with Crippen LogP contribution < -0.4 is 5.32 Å². The lowest BCUT2D eigenvalue weighted by molar-refractivity contribution is -0.113. The number of carbonyl (C=O) groups is 1. The summed E-state index contributed by atoms with van der Waals surface area (Å²) in [6.07, 6.45) is 0. The van der Waals surface area contributed by atoms with E-state index in [1.54, 1.807) is 11.3 Å². The topological polar surface area (TPSA) is 68.0 Å². The van der Waals surface area contributed by atoms with Crippen LogP contribution in [0.4, 0.5) is 5.69 Å². The zero-order valence-electron chi connectivity index (χ0n) is 13.4. The molecule has 2 heterocycles. The lowest BCUT2D eigenvalue weighted by Crippen LogP contribution is -2.15. The average molecular weight is 359 g/mol. The van der Waals surface area contributed by atoms with Crippen molar-refractivity contribution in [1.82, 2.24) is 10.1 Å². The summed E-state index contributed by atoms with van der Waals surface area (Å²) < 4.78 is 5.22. The molecule has 2 aromatic heterocycles. The molecule has 3 aromatic rings. The molecule has 0 radical (unpaired) electrons. The average Bonchev–Trinajstić information content (AvgIpc) is 3.23. The summed E-state index contributed by atoms with van der Waals surface area (Å²) >= 11 is 3.02. The van der Waals surface area contributed by atoms with E-state index in [4.69, 9.17) is 4.52 Å². The van der Waals surface area contributed by atoms with Gasteiger partial charge in [-0.25, -0.2) is 0 Å². The maximum Gasteiger partial charge on any atom is 0.236 e. The van der Waals surface area contributed by atoms with E-state index in [0.717, 1.165) is 21.7 Å². The third-order valence-corrected chi connectivity index (χ3v) is 5.33. The van der Waals surface area contributed by atoms with Gasteiger partial charge in [-0.1, -0.05) is 23.4 Å². The molecule has 7 heteroatoms. The van der Waals surface area contributed by atoms with Crippen molar-refractivity contribution in [1.29, 1.82) is 0 Å². The molecule has 0 unspecified atom stereocenters. The predicted molar refractivity (Wildman–Crippen MR) is 98.3 cm³/mol. The van der Waals surface area contributed by atoms with E-state index in [0.29, 0.717) is 23.2 Å². The van der Waals surface area contributed by atoms with Crippen LogP contribution in [0.3, 0.4) is 0 Å². The minimum absolute atomic E-state index is 0.0355. The van der Waals surface area contributed by atoms with Crippen LogP contribution in [0.2, 0.25) is 0 Å². The summed E-state index contributed by atoms with van der Waals surface area (Å²) in [5.41, 5.74) is 3.11. The van der Waals surface area contributed by atoms with Crippen LogP contribution in [0.1, 0.15) is 17.0 Å². The molecule has 24 heavy (non-hydrogen) atoms. The summed E-state index contributed by atoms with van der Waals surface area (Å²) in [7, 11) is 0. The van der Waals surface area contributed by atoms with Crippen molar-refractivity contribution >= 4 is 34.7 Å². The molecule has 124 valence electrons. The van der Waals surface area contributed by atoms with Gasteiger partial charge in [0.2, 0.25) is 17.6 Å². The highest BCUT2D eigenvalue weighted by atomic mass is 32.2. The van der Waals surface area contributed by atoms with Gasteiger partial charge in [0.05, 0.1) is 16.4 Å². The van der Waals surface area contributed by atoms with Crippen molar-refractivity contribution in [3.8, 4) is 10.7 Å². The van der Waals surface area contributed by atoms with Crippen LogP contribution in [-0.4, -0.2) is 21.8 Å². The molecule has 0 saturated carbocycles. The second-order valence-electron chi connectivity index (χ2n) is 5.28. The van der Waals surface area contributed by atoms with E-state index in [1.165, 1.54) is 11.8 Å². The van der Waals surface area contributed by atoms with E-state index in [1.807, 2.05) is 49.6 Å². The molecular formula is C17H17N3O2S2. The molecule has 1 aromatic carbocycles. The van der Waals surface area contributed by atoms with Gasteiger partial charge in [-0.3, -0.25) is 4.79 Å². The highest BCUT2D eigenvalue weighted by Crippen LogP contribution is 2.23. The Labute approximate surface area is 148 Å². The fraction of sp³-hybridized carbons (Fsp3) is 0.235. The Balaban J connectivity index is 1.49. The van der Waals surface area contributed by atoms with Crippen molar-refractivity contribution in [3.05, 3.63) is 52.7 Å². The molecule has 3 rings (SSSR count). The number of benzene rings is 1. The summed E-state index contributed by atoms with van der Waals surface area (Å²) in [6.45, 7) is 4.03. The molecule has 0 fully saturated rings. The van der Waals surface area contributed by atoms with Gasteiger partial charge in [0, 0.05) is 5.69 Å². The molecule has 0 saturated heterocycles. The van der Waals surface area contributed by atoms with Gasteiger partial charge in [0.25, 0.3) is 0 Å². The molecule has 0 spiro atoms. The zero-order valence-corrected chi connectivity index (χ0v) is 15.0. The number of nitrogens with one attached hydrogen (secondary N) is 1. The van der Waals surface area contributed by atoms with Crippen molar-refractivity contribution in [2.45, 2.75) is 19.6 Å². The Morgan fingerprint density at radius 2 is 2.17 bits per heavy atom. The number of thioether (sulfide) groups is 1. The lowest BCUT2D eigenvalue weighted by Gasteiger charge is -2.09. The Morgan fingerprint density at radius 1 is 1.29 bits per heavy atom. The number of rotatable bonds is 6. The van der Waals surface area contributed by atoms with E-state index in [2.05, 4.69) is 15.5 Å². The lowest BCUT2D eigenvalue weighted by atomic mass is 10.1. The molecule has 0 bridgehead atoms. The molecule has 0 aliphatic rings. The minimum atomic E-state index is -0.0355. The number of aryl methyl sites for hydroxylation is 1. The van der Waals surface area contributed by atoms with E-state index in [9.17, 15) is 4.79 Å². The van der Waals surface area contributed by atoms with Crippen LogP contribution in [0.25, 0.3) is 10.7 Å². The fourth-order valence-electron chi connectivity index (χ4n) is 2.12. The number of amides is 1. The molecule has 0 aliphatic carbocycles. The normalized spacial score (nSPS) is 10.8. The van der Waals surface area contributed by atoms with E-state index >= 15 is 0 Å². The zero-order chi connectivity index (χ0) is 16.9. The van der Waals surface area contributed by atoms with Gasteiger partial charge in [0.15, 0.2) is 0 Å². The van der Waals surface area contributed by atoms with Gasteiger partial charge in [0.1, 0.15) is 0 Å². The van der Waals surface area contributed by atoms with Crippen molar-refractivity contribution in [3.63, 3.8) is 0 Å². The van der Waals surface area contributed by atoms with Gasteiger partial charge in [-0.05, 0) is 42.5 Å². The Morgan fingerprint density at radius 3 is 2.96 bits per heavy atom. The monoisotopic (exact) mass is 359 g/mol. The SMILES string of the molecule is Cc1cccc(NC(=O)CSCc2nc(-c3cccs3)no2)c1C. The maximum atomic E-state index is 12.1. The number of hydrogen-bond donors (Lipinski definition) is 1. The molecule has 1 amide bonds. The van der Waals surface area contributed by atoms with Crippen molar-refractivity contribution < 1.29 is 9.32 Å². The smallest absolute Gasteiger partial charge is 0.236 e. The Hall–Kier alpha value is -2.12. The molecule has 5 nitrogen and oxygen atoms in total. The predicted octanol–water partition coefficient (Wildman–Crippen LogP) is 4.29.